The number of aromatic nitrogens is 2. The maximum atomic E-state index is 9.76. The van der Waals surface area contributed by atoms with Crippen LogP contribution >= 0.6 is 11.6 Å². The zero-order valence-electron chi connectivity index (χ0n) is 10.7. The van der Waals surface area contributed by atoms with Gasteiger partial charge in [-0.05, 0) is 24.3 Å². The molecular formula is C15H14ClN3O. The fourth-order valence-corrected chi connectivity index (χ4v) is 2.35. The minimum atomic E-state index is 0.203. The molecule has 0 saturated carbocycles. The third-order valence-electron chi connectivity index (χ3n) is 3.13. The van der Waals surface area contributed by atoms with E-state index in [1.54, 1.807) is 18.2 Å². The molecule has 102 valence electrons. The van der Waals surface area contributed by atoms with Crippen LogP contribution in [0, 0.1) is 0 Å². The lowest BCUT2D eigenvalue weighted by atomic mass is 10.2. The van der Waals surface area contributed by atoms with Crippen LogP contribution in [-0.2, 0) is 13.1 Å². The predicted molar refractivity (Wildman–Crippen MR) is 79.8 cm³/mol. The highest BCUT2D eigenvalue weighted by Gasteiger charge is 2.06. The average molecular weight is 288 g/mol. The minimum absolute atomic E-state index is 0.203. The summed E-state index contributed by atoms with van der Waals surface area (Å²) in [6, 6.07) is 13.0. The Balaban J connectivity index is 1.68. The standard InChI is InChI=1S/C15H14ClN3O/c16-11-4-3-7-14(20)10(11)8-17-9-15-18-12-5-1-2-6-13(12)19-15/h1-7,17,20H,8-9H2,(H,18,19). The van der Waals surface area contributed by atoms with Gasteiger partial charge in [0.1, 0.15) is 11.6 Å². The van der Waals surface area contributed by atoms with E-state index in [0.717, 1.165) is 16.9 Å². The first-order valence-corrected chi connectivity index (χ1v) is 6.72. The third-order valence-corrected chi connectivity index (χ3v) is 3.48. The second-order valence-corrected chi connectivity index (χ2v) is 4.95. The van der Waals surface area contributed by atoms with Gasteiger partial charge in [-0.2, -0.15) is 0 Å². The summed E-state index contributed by atoms with van der Waals surface area (Å²) < 4.78 is 0. The van der Waals surface area contributed by atoms with Crippen molar-refractivity contribution in [3.8, 4) is 5.75 Å². The van der Waals surface area contributed by atoms with Crippen molar-refractivity contribution in [3.05, 3.63) is 58.9 Å². The molecule has 2 aromatic carbocycles. The van der Waals surface area contributed by atoms with Crippen molar-refractivity contribution in [3.63, 3.8) is 0 Å². The fraction of sp³-hybridized carbons (Fsp3) is 0.133. The monoisotopic (exact) mass is 287 g/mol. The van der Waals surface area contributed by atoms with Crippen molar-refractivity contribution in [2.45, 2.75) is 13.1 Å². The highest BCUT2D eigenvalue weighted by atomic mass is 35.5. The summed E-state index contributed by atoms with van der Waals surface area (Å²) >= 11 is 6.05. The van der Waals surface area contributed by atoms with Gasteiger partial charge in [-0.3, -0.25) is 0 Å². The van der Waals surface area contributed by atoms with E-state index >= 15 is 0 Å². The molecule has 0 amide bonds. The van der Waals surface area contributed by atoms with Gasteiger partial charge in [0.25, 0.3) is 0 Å². The lowest BCUT2D eigenvalue weighted by Crippen LogP contribution is -2.14. The molecule has 5 heteroatoms. The Morgan fingerprint density at radius 1 is 1.10 bits per heavy atom. The Bertz CT molecular complexity index is 686. The molecule has 1 aromatic heterocycles. The number of hydrogen-bond donors (Lipinski definition) is 3. The van der Waals surface area contributed by atoms with E-state index in [0.29, 0.717) is 23.7 Å². The van der Waals surface area contributed by atoms with Crippen LogP contribution in [0.1, 0.15) is 11.4 Å². The predicted octanol–water partition coefficient (Wildman–Crippen LogP) is 3.21. The Morgan fingerprint density at radius 3 is 2.75 bits per heavy atom. The Labute approximate surface area is 121 Å². The van der Waals surface area contributed by atoms with Gasteiger partial charge in [0.15, 0.2) is 0 Å². The highest BCUT2D eigenvalue weighted by Crippen LogP contribution is 2.24. The number of halogens is 1. The second kappa shape index (κ2) is 5.53. The lowest BCUT2D eigenvalue weighted by Gasteiger charge is -2.07. The molecule has 3 N–H and O–H groups in total. The van der Waals surface area contributed by atoms with Gasteiger partial charge in [-0.25, -0.2) is 4.98 Å². The molecule has 0 atom stereocenters. The largest absolute Gasteiger partial charge is 0.508 e. The topological polar surface area (TPSA) is 60.9 Å². The smallest absolute Gasteiger partial charge is 0.121 e. The summed E-state index contributed by atoms with van der Waals surface area (Å²) in [5.41, 5.74) is 2.67. The van der Waals surface area contributed by atoms with Crippen molar-refractivity contribution >= 4 is 22.6 Å². The van der Waals surface area contributed by atoms with Crippen molar-refractivity contribution in [2.75, 3.05) is 0 Å². The number of rotatable bonds is 4. The molecular weight excluding hydrogens is 274 g/mol. The van der Waals surface area contributed by atoms with Crippen LogP contribution in [0.15, 0.2) is 42.5 Å². The highest BCUT2D eigenvalue weighted by molar-refractivity contribution is 6.31. The fourth-order valence-electron chi connectivity index (χ4n) is 2.12. The van der Waals surface area contributed by atoms with Crippen LogP contribution in [0.2, 0.25) is 5.02 Å². The minimum Gasteiger partial charge on any atom is -0.508 e. The third kappa shape index (κ3) is 2.61. The van der Waals surface area contributed by atoms with E-state index in [-0.39, 0.29) is 5.75 Å². The van der Waals surface area contributed by atoms with Gasteiger partial charge in [0, 0.05) is 17.1 Å². The molecule has 0 bridgehead atoms. The Morgan fingerprint density at radius 2 is 1.95 bits per heavy atom. The number of aromatic amines is 1. The first-order valence-electron chi connectivity index (χ1n) is 6.35. The van der Waals surface area contributed by atoms with Crippen molar-refractivity contribution in [1.29, 1.82) is 0 Å². The van der Waals surface area contributed by atoms with Crippen LogP contribution in [-0.4, -0.2) is 15.1 Å². The second-order valence-electron chi connectivity index (χ2n) is 4.54. The molecule has 0 aliphatic carbocycles. The SMILES string of the molecule is Oc1cccc(Cl)c1CNCc1nc2ccccc2[nH]1. The van der Waals surface area contributed by atoms with Crippen LogP contribution < -0.4 is 5.32 Å². The number of H-pyrrole nitrogens is 1. The zero-order valence-corrected chi connectivity index (χ0v) is 11.5. The number of hydrogen-bond acceptors (Lipinski definition) is 3. The number of para-hydroxylation sites is 2. The van der Waals surface area contributed by atoms with Gasteiger partial charge in [0.2, 0.25) is 0 Å². The average Bonchev–Trinajstić information content (AvgIpc) is 2.84. The van der Waals surface area contributed by atoms with Crippen molar-refractivity contribution in [1.82, 2.24) is 15.3 Å². The van der Waals surface area contributed by atoms with Gasteiger partial charge < -0.3 is 15.4 Å². The van der Waals surface area contributed by atoms with Gasteiger partial charge in [-0.15, -0.1) is 0 Å². The molecule has 0 unspecified atom stereocenters. The number of imidazole rings is 1. The maximum Gasteiger partial charge on any atom is 0.121 e. The van der Waals surface area contributed by atoms with E-state index in [4.69, 9.17) is 11.6 Å². The Kier molecular flexibility index (Phi) is 3.58. The molecule has 0 aliphatic rings. The lowest BCUT2D eigenvalue weighted by molar-refractivity contribution is 0.464. The van der Waals surface area contributed by atoms with E-state index in [2.05, 4.69) is 15.3 Å². The summed E-state index contributed by atoms with van der Waals surface area (Å²) in [6.45, 7) is 1.07. The quantitative estimate of drug-likeness (QED) is 0.690. The summed E-state index contributed by atoms with van der Waals surface area (Å²) in [6.07, 6.45) is 0. The molecule has 3 aromatic rings. The molecule has 0 aliphatic heterocycles. The van der Waals surface area contributed by atoms with Crippen LogP contribution in [0.5, 0.6) is 5.75 Å². The molecule has 0 radical (unpaired) electrons. The zero-order chi connectivity index (χ0) is 13.9. The maximum absolute atomic E-state index is 9.76. The summed E-state index contributed by atoms with van der Waals surface area (Å²) in [5, 5.41) is 13.5. The summed E-state index contributed by atoms with van der Waals surface area (Å²) in [5.74, 6) is 1.06. The van der Waals surface area contributed by atoms with Gasteiger partial charge >= 0.3 is 0 Å². The number of nitrogens with zero attached hydrogens (tertiary/aromatic N) is 1. The molecule has 4 nitrogen and oxygen atoms in total. The molecule has 3 rings (SSSR count). The van der Waals surface area contributed by atoms with Crippen molar-refractivity contribution in [2.24, 2.45) is 0 Å². The van der Waals surface area contributed by atoms with Crippen LogP contribution in [0.4, 0.5) is 0 Å². The first kappa shape index (κ1) is 13.0. The Hall–Kier alpha value is -2.04. The molecule has 1 heterocycles. The number of fused-ring (bicyclic) bond motifs is 1. The number of phenols is 1. The number of phenolic OH excluding ortho intramolecular Hbond substituents is 1. The van der Waals surface area contributed by atoms with E-state index in [9.17, 15) is 5.11 Å². The first-order chi connectivity index (χ1) is 9.74. The van der Waals surface area contributed by atoms with Crippen LogP contribution in [0.3, 0.4) is 0 Å². The number of aromatic hydroxyl groups is 1. The normalized spacial score (nSPS) is 11.1. The van der Waals surface area contributed by atoms with Gasteiger partial charge in [0.05, 0.1) is 17.6 Å². The van der Waals surface area contributed by atoms with Crippen LogP contribution in [0.25, 0.3) is 11.0 Å². The molecule has 0 saturated heterocycles. The van der Waals surface area contributed by atoms with E-state index in [1.165, 1.54) is 0 Å². The van der Waals surface area contributed by atoms with Crippen molar-refractivity contribution < 1.29 is 5.11 Å². The van der Waals surface area contributed by atoms with Gasteiger partial charge in [-0.1, -0.05) is 29.8 Å². The number of nitrogens with one attached hydrogen (secondary N) is 2. The van der Waals surface area contributed by atoms with E-state index in [1.807, 2.05) is 24.3 Å². The number of benzene rings is 2. The molecule has 0 fully saturated rings. The van der Waals surface area contributed by atoms with E-state index < -0.39 is 0 Å². The molecule has 20 heavy (non-hydrogen) atoms. The molecule has 0 spiro atoms. The summed E-state index contributed by atoms with van der Waals surface area (Å²) in [7, 11) is 0. The summed E-state index contributed by atoms with van der Waals surface area (Å²) in [4.78, 5) is 7.72.